The normalized spacial score (nSPS) is 13.2. The van der Waals surface area contributed by atoms with Crippen LogP contribution in [0.4, 0.5) is 0 Å². The number of rotatable bonds is 3. The molecule has 1 atom stereocenters. The fourth-order valence-corrected chi connectivity index (χ4v) is 2.87. The Kier molecular flexibility index (Phi) is 4.39. The first-order valence-corrected chi connectivity index (χ1v) is 8.29. The molecular weight excluding hydrogens is 266 g/mol. The number of benzene rings is 1. The highest BCUT2D eigenvalue weighted by Gasteiger charge is 2.13. The second-order valence-electron chi connectivity index (χ2n) is 6.06. The largest absolute Gasteiger partial charge is 0.263 e. The zero-order valence-corrected chi connectivity index (χ0v) is 13.3. The van der Waals surface area contributed by atoms with E-state index in [-0.39, 0.29) is 5.41 Å². The van der Waals surface area contributed by atoms with Gasteiger partial charge in [-0.1, -0.05) is 45.0 Å². The zero-order chi connectivity index (χ0) is 14.8. The molecule has 0 fully saturated rings. The summed E-state index contributed by atoms with van der Waals surface area (Å²) in [5.74, 6) is 0. The summed E-state index contributed by atoms with van der Waals surface area (Å²) in [5.41, 5.74) is 3.82. The summed E-state index contributed by atoms with van der Waals surface area (Å²) in [6.07, 6.45) is 5.95. The topological polar surface area (TPSA) is 30.0 Å². The number of aromatic nitrogens is 1. The Hall–Kier alpha value is -1.48. The highest BCUT2D eigenvalue weighted by atomic mass is 32.2. The van der Waals surface area contributed by atoms with Gasteiger partial charge in [0.05, 0.1) is 15.7 Å². The molecule has 0 saturated heterocycles. The lowest BCUT2D eigenvalue weighted by Crippen LogP contribution is -2.10. The molecule has 1 heterocycles. The number of hydrogen-bond acceptors (Lipinski definition) is 2. The van der Waals surface area contributed by atoms with Crippen LogP contribution in [-0.2, 0) is 22.6 Å². The van der Waals surface area contributed by atoms with Crippen molar-refractivity contribution in [3.05, 3.63) is 59.4 Å². The second-order valence-corrected chi connectivity index (χ2v) is 7.41. The van der Waals surface area contributed by atoms with Gasteiger partial charge in [-0.05, 0) is 34.6 Å². The van der Waals surface area contributed by atoms with Gasteiger partial charge in [-0.3, -0.25) is 9.19 Å². The highest BCUT2D eigenvalue weighted by molar-refractivity contribution is 7.84. The molecule has 1 aromatic heterocycles. The average Bonchev–Trinajstić information content (AvgIpc) is 2.38. The van der Waals surface area contributed by atoms with Crippen molar-refractivity contribution in [1.29, 1.82) is 0 Å². The first-order valence-electron chi connectivity index (χ1n) is 6.73. The molecule has 1 aromatic carbocycles. The maximum atomic E-state index is 11.7. The van der Waals surface area contributed by atoms with E-state index >= 15 is 0 Å². The Morgan fingerprint density at radius 3 is 2.30 bits per heavy atom. The summed E-state index contributed by atoms with van der Waals surface area (Å²) >= 11 is 0. The van der Waals surface area contributed by atoms with Crippen molar-refractivity contribution < 1.29 is 4.21 Å². The SMILES string of the molecule is CS(=O)c1cnccc1Cc1ccc(C(C)(C)C)cc1. The first-order chi connectivity index (χ1) is 9.38. The first kappa shape index (κ1) is 14.9. The van der Waals surface area contributed by atoms with E-state index in [2.05, 4.69) is 50.0 Å². The van der Waals surface area contributed by atoms with Gasteiger partial charge in [-0.25, -0.2) is 0 Å². The molecule has 3 heteroatoms. The molecule has 0 aliphatic carbocycles. The van der Waals surface area contributed by atoms with Crippen LogP contribution in [0.15, 0.2) is 47.6 Å². The molecule has 0 aliphatic heterocycles. The summed E-state index contributed by atoms with van der Waals surface area (Å²) in [6.45, 7) is 6.63. The van der Waals surface area contributed by atoms with Crippen LogP contribution in [-0.4, -0.2) is 15.4 Å². The minimum Gasteiger partial charge on any atom is -0.263 e. The van der Waals surface area contributed by atoms with Crippen LogP contribution in [0.3, 0.4) is 0 Å². The molecule has 2 rings (SSSR count). The minimum atomic E-state index is -0.995. The predicted octanol–water partition coefficient (Wildman–Crippen LogP) is 3.71. The molecule has 0 N–H and O–H groups in total. The molecule has 106 valence electrons. The van der Waals surface area contributed by atoms with Gasteiger partial charge in [0.1, 0.15) is 0 Å². The maximum absolute atomic E-state index is 11.7. The van der Waals surface area contributed by atoms with Crippen LogP contribution in [0.1, 0.15) is 37.5 Å². The molecule has 0 bridgehead atoms. The fourth-order valence-electron chi connectivity index (χ4n) is 2.16. The molecule has 2 aromatic rings. The lowest BCUT2D eigenvalue weighted by Gasteiger charge is -2.19. The van der Waals surface area contributed by atoms with Crippen LogP contribution in [0.25, 0.3) is 0 Å². The number of pyridine rings is 1. The third-order valence-corrected chi connectivity index (χ3v) is 4.38. The van der Waals surface area contributed by atoms with Crippen molar-refractivity contribution in [2.24, 2.45) is 0 Å². The molecule has 0 aliphatic rings. The molecule has 0 amide bonds. The van der Waals surface area contributed by atoms with E-state index < -0.39 is 10.8 Å². The maximum Gasteiger partial charge on any atom is 0.0603 e. The lowest BCUT2D eigenvalue weighted by atomic mass is 9.86. The van der Waals surface area contributed by atoms with Gasteiger partial charge in [0, 0.05) is 18.6 Å². The molecule has 20 heavy (non-hydrogen) atoms. The molecule has 1 unspecified atom stereocenters. The third kappa shape index (κ3) is 3.54. The smallest absolute Gasteiger partial charge is 0.0603 e. The monoisotopic (exact) mass is 287 g/mol. The van der Waals surface area contributed by atoms with Crippen LogP contribution in [0.5, 0.6) is 0 Å². The quantitative estimate of drug-likeness (QED) is 0.861. The van der Waals surface area contributed by atoms with E-state index in [1.165, 1.54) is 11.1 Å². The Morgan fingerprint density at radius 2 is 1.75 bits per heavy atom. The van der Waals surface area contributed by atoms with Gasteiger partial charge >= 0.3 is 0 Å². The Labute approximate surface area is 123 Å². The van der Waals surface area contributed by atoms with Gasteiger partial charge in [0.2, 0.25) is 0 Å². The van der Waals surface area contributed by atoms with Crippen molar-refractivity contribution in [3.63, 3.8) is 0 Å². The van der Waals surface area contributed by atoms with Crippen molar-refractivity contribution in [3.8, 4) is 0 Å². The predicted molar refractivity (Wildman–Crippen MR) is 84.5 cm³/mol. The van der Waals surface area contributed by atoms with E-state index in [0.29, 0.717) is 0 Å². The van der Waals surface area contributed by atoms with Gasteiger partial charge in [-0.15, -0.1) is 0 Å². The van der Waals surface area contributed by atoms with E-state index in [4.69, 9.17) is 0 Å². The van der Waals surface area contributed by atoms with Crippen molar-refractivity contribution in [1.82, 2.24) is 4.98 Å². The standard InChI is InChI=1S/C17H21NOS/c1-17(2,3)15-7-5-13(6-8-15)11-14-9-10-18-12-16(14)20(4)19/h5-10,12H,11H2,1-4H3. The molecule has 0 spiro atoms. The van der Waals surface area contributed by atoms with Crippen LogP contribution in [0.2, 0.25) is 0 Å². The zero-order valence-electron chi connectivity index (χ0n) is 12.5. The van der Waals surface area contributed by atoms with Gasteiger partial charge < -0.3 is 0 Å². The minimum absolute atomic E-state index is 0.172. The lowest BCUT2D eigenvalue weighted by molar-refractivity contribution is 0.590. The van der Waals surface area contributed by atoms with Crippen LogP contribution >= 0.6 is 0 Å². The van der Waals surface area contributed by atoms with Gasteiger partial charge in [0.15, 0.2) is 0 Å². The Balaban J connectivity index is 2.25. The molecule has 0 saturated carbocycles. The van der Waals surface area contributed by atoms with Crippen molar-refractivity contribution in [2.45, 2.75) is 37.5 Å². The molecular formula is C17H21NOS. The van der Waals surface area contributed by atoms with Crippen molar-refractivity contribution >= 4 is 10.8 Å². The fraction of sp³-hybridized carbons (Fsp3) is 0.353. The van der Waals surface area contributed by atoms with E-state index in [1.54, 1.807) is 18.6 Å². The summed E-state index contributed by atoms with van der Waals surface area (Å²) < 4.78 is 11.7. The third-order valence-electron chi connectivity index (χ3n) is 3.39. The average molecular weight is 287 g/mol. The van der Waals surface area contributed by atoms with E-state index in [0.717, 1.165) is 16.9 Å². The Bertz CT molecular complexity index is 612. The summed E-state index contributed by atoms with van der Waals surface area (Å²) in [7, 11) is -0.995. The summed E-state index contributed by atoms with van der Waals surface area (Å²) in [6, 6.07) is 10.6. The van der Waals surface area contributed by atoms with Crippen LogP contribution < -0.4 is 0 Å². The summed E-state index contributed by atoms with van der Waals surface area (Å²) in [4.78, 5) is 4.89. The van der Waals surface area contributed by atoms with E-state index in [1.807, 2.05) is 6.07 Å². The van der Waals surface area contributed by atoms with Gasteiger partial charge in [-0.2, -0.15) is 0 Å². The summed E-state index contributed by atoms with van der Waals surface area (Å²) in [5, 5.41) is 0. The molecule has 2 nitrogen and oxygen atoms in total. The molecule has 0 radical (unpaired) electrons. The van der Waals surface area contributed by atoms with Crippen molar-refractivity contribution in [2.75, 3.05) is 6.26 Å². The van der Waals surface area contributed by atoms with Gasteiger partial charge in [0.25, 0.3) is 0 Å². The van der Waals surface area contributed by atoms with Crippen LogP contribution in [0, 0.1) is 0 Å². The highest BCUT2D eigenvalue weighted by Crippen LogP contribution is 2.23. The Morgan fingerprint density at radius 1 is 1.10 bits per heavy atom. The second kappa shape index (κ2) is 5.88. The van der Waals surface area contributed by atoms with E-state index in [9.17, 15) is 4.21 Å². The number of nitrogens with zero attached hydrogens (tertiary/aromatic N) is 1. The number of hydrogen-bond donors (Lipinski definition) is 0.